The molecule has 0 bridgehead atoms. The molecule has 4 aliphatic rings. The minimum atomic E-state index is -0.713. The molecule has 2 fully saturated rings. The number of carbonyl (C=O) groups is 5. The average molecular weight is 503 g/mol. The number of benzene rings is 2. The standard InChI is InChI=1S/C27H26N4O6/c1-29-14-27(9-10-27)20-6-4-16(11-19(20)24(29)34)30(2)26(36)37-17-5-3-15-13-31(25(35)18(15)12-17)21-7-8-22(32)28-23(21)33/h3-6,11-12,21H,7-10,13-14H2,1-2H3,(H,28,32,33). The van der Waals surface area contributed by atoms with Crippen molar-refractivity contribution >= 4 is 35.4 Å². The zero-order chi connectivity index (χ0) is 26.1. The van der Waals surface area contributed by atoms with Gasteiger partial charge in [0.1, 0.15) is 11.8 Å². The van der Waals surface area contributed by atoms with E-state index in [-0.39, 0.29) is 48.3 Å². The van der Waals surface area contributed by atoms with Crippen molar-refractivity contribution in [1.29, 1.82) is 0 Å². The lowest BCUT2D eigenvalue weighted by molar-refractivity contribution is -0.136. The summed E-state index contributed by atoms with van der Waals surface area (Å²) in [5, 5.41) is 2.28. The van der Waals surface area contributed by atoms with Gasteiger partial charge in [-0.15, -0.1) is 0 Å². The number of ether oxygens (including phenoxy) is 1. The predicted octanol–water partition coefficient (Wildman–Crippen LogP) is 2.20. The number of rotatable bonds is 3. The molecule has 0 aromatic heterocycles. The van der Waals surface area contributed by atoms with Crippen LogP contribution in [0.4, 0.5) is 10.5 Å². The van der Waals surface area contributed by atoms with Crippen LogP contribution in [0.5, 0.6) is 5.75 Å². The highest BCUT2D eigenvalue weighted by atomic mass is 16.6. The fraction of sp³-hybridized carbons (Fsp3) is 0.370. The molecule has 6 rings (SSSR count). The van der Waals surface area contributed by atoms with Crippen LogP contribution in [0.3, 0.4) is 0 Å². The third-order valence-corrected chi connectivity index (χ3v) is 7.91. The largest absolute Gasteiger partial charge is 0.419 e. The molecule has 1 unspecified atom stereocenters. The Kier molecular flexibility index (Phi) is 5.11. The van der Waals surface area contributed by atoms with E-state index in [9.17, 15) is 24.0 Å². The summed E-state index contributed by atoms with van der Waals surface area (Å²) < 4.78 is 5.56. The molecule has 190 valence electrons. The van der Waals surface area contributed by atoms with Gasteiger partial charge in [-0.3, -0.25) is 29.4 Å². The summed E-state index contributed by atoms with van der Waals surface area (Å²) in [4.78, 5) is 67.0. The number of piperidine rings is 1. The topological polar surface area (TPSA) is 116 Å². The number of hydrogen-bond acceptors (Lipinski definition) is 6. The van der Waals surface area contributed by atoms with Crippen molar-refractivity contribution in [2.24, 2.45) is 0 Å². The summed E-state index contributed by atoms with van der Waals surface area (Å²) in [7, 11) is 3.36. The molecule has 5 amide bonds. The monoisotopic (exact) mass is 502 g/mol. The van der Waals surface area contributed by atoms with Gasteiger partial charge in [-0.05, 0) is 54.7 Å². The molecule has 3 aliphatic heterocycles. The van der Waals surface area contributed by atoms with Gasteiger partial charge in [0, 0.05) is 55.8 Å². The van der Waals surface area contributed by atoms with Crippen LogP contribution in [0.1, 0.15) is 57.5 Å². The van der Waals surface area contributed by atoms with E-state index in [4.69, 9.17) is 4.74 Å². The third kappa shape index (κ3) is 3.75. The number of nitrogens with zero attached hydrogens (tertiary/aromatic N) is 3. The van der Waals surface area contributed by atoms with Crippen molar-refractivity contribution in [1.82, 2.24) is 15.1 Å². The molecule has 1 spiro atoms. The van der Waals surface area contributed by atoms with Gasteiger partial charge >= 0.3 is 6.09 Å². The lowest BCUT2D eigenvalue weighted by atomic mass is 9.86. The second kappa shape index (κ2) is 8.16. The highest BCUT2D eigenvalue weighted by Gasteiger charge is 2.50. The molecule has 2 aromatic carbocycles. The molecule has 1 atom stereocenters. The quantitative estimate of drug-likeness (QED) is 0.644. The van der Waals surface area contributed by atoms with Crippen LogP contribution in [0.2, 0.25) is 0 Å². The zero-order valence-electron chi connectivity index (χ0n) is 20.6. The van der Waals surface area contributed by atoms with E-state index < -0.39 is 18.0 Å². The second-order valence-corrected chi connectivity index (χ2v) is 10.3. The number of likely N-dealkylation sites (N-methyl/N-ethyl adjacent to an activating group) is 1. The Morgan fingerprint density at radius 1 is 1.05 bits per heavy atom. The maximum atomic E-state index is 13.0. The summed E-state index contributed by atoms with van der Waals surface area (Å²) in [6.07, 6.45) is 1.89. The summed E-state index contributed by atoms with van der Waals surface area (Å²) in [6, 6.07) is 9.58. The molecule has 1 saturated carbocycles. The van der Waals surface area contributed by atoms with Gasteiger partial charge in [0.15, 0.2) is 0 Å². The van der Waals surface area contributed by atoms with Crippen LogP contribution in [0.25, 0.3) is 0 Å². The van der Waals surface area contributed by atoms with E-state index >= 15 is 0 Å². The van der Waals surface area contributed by atoms with Crippen molar-refractivity contribution in [3.05, 3.63) is 58.7 Å². The first-order valence-corrected chi connectivity index (χ1v) is 12.3. The Hall–Kier alpha value is -4.21. The number of hydrogen-bond donors (Lipinski definition) is 1. The molecular weight excluding hydrogens is 476 g/mol. The number of fused-ring (bicyclic) bond motifs is 3. The van der Waals surface area contributed by atoms with Gasteiger partial charge in [-0.25, -0.2) is 4.79 Å². The molecular formula is C27H26N4O6. The molecule has 1 saturated heterocycles. The highest BCUT2D eigenvalue weighted by molar-refractivity contribution is 6.05. The van der Waals surface area contributed by atoms with Crippen molar-refractivity contribution < 1.29 is 28.7 Å². The smallest absolute Gasteiger partial charge is 0.410 e. The molecule has 10 heteroatoms. The Morgan fingerprint density at radius 3 is 2.57 bits per heavy atom. The maximum absolute atomic E-state index is 13.0. The van der Waals surface area contributed by atoms with Crippen molar-refractivity contribution in [3.63, 3.8) is 0 Å². The predicted molar refractivity (Wildman–Crippen MR) is 131 cm³/mol. The minimum Gasteiger partial charge on any atom is -0.410 e. The van der Waals surface area contributed by atoms with Crippen molar-refractivity contribution in [2.75, 3.05) is 25.5 Å². The summed E-state index contributed by atoms with van der Waals surface area (Å²) in [5.74, 6) is -1.03. The van der Waals surface area contributed by atoms with Gasteiger partial charge in [-0.1, -0.05) is 12.1 Å². The van der Waals surface area contributed by atoms with E-state index in [1.54, 1.807) is 37.2 Å². The minimum absolute atomic E-state index is 0.0360. The molecule has 1 aliphatic carbocycles. The number of amides is 5. The molecule has 2 aromatic rings. The van der Waals surface area contributed by atoms with E-state index in [2.05, 4.69) is 5.32 Å². The second-order valence-electron chi connectivity index (χ2n) is 10.3. The lowest BCUT2D eigenvalue weighted by Gasteiger charge is -2.33. The Balaban J connectivity index is 1.18. The van der Waals surface area contributed by atoms with Gasteiger partial charge in [0.2, 0.25) is 11.8 Å². The Bertz CT molecular complexity index is 1400. The number of carbonyl (C=O) groups excluding carboxylic acids is 5. The van der Waals surface area contributed by atoms with E-state index in [1.165, 1.54) is 15.9 Å². The number of anilines is 1. The summed E-state index contributed by atoms with van der Waals surface area (Å²) >= 11 is 0. The van der Waals surface area contributed by atoms with Crippen LogP contribution >= 0.6 is 0 Å². The SMILES string of the molecule is CN1CC2(CC2)c2ccc(N(C)C(=O)Oc3ccc4c(c3)C(=O)N(C3CCC(=O)NC3=O)C4)cc2C1=O. The molecule has 1 N–H and O–H groups in total. The summed E-state index contributed by atoms with van der Waals surface area (Å²) in [6.45, 7) is 0.960. The first-order chi connectivity index (χ1) is 17.7. The normalized spacial score (nSPS) is 21.5. The molecule has 0 radical (unpaired) electrons. The zero-order valence-corrected chi connectivity index (χ0v) is 20.6. The first kappa shape index (κ1) is 23.2. The van der Waals surface area contributed by atoms with Crippen LogP contribution in [0, 0.1) is 0 Å². The highest BCUT2D eigenvalue weighted by Crippen LogP contribution is 2.52. The van der Waals surface area contributed by atoms with Crippen LogP contribution in [0.15, 0.2) is 36.4 Å². The average Bonchev–Trinajstić information content (AvgIpc) is 3.58. The molecule has 37 heavy (non-hydrogen) atoms. The van der Waals surface area contributed by atoms with Crippen molar-refractivity contribution in [3.8, 4) is 5.75 Å². The molecule has 3 heterocycles. The Morgan fingerprint density at radius 2 is 1.84 bits per heavy atom. The fourth-order valence-electron chi connectivity index (χ4n) is 5.65. The number of nitrogens with one attached hydrogen (secondary N) is 1. The van der Waals surface area contributed by atoms with Crippen LogP contribution in [-0.2, 0) is 21.5 Å². The lowest BCUT2D eigenvalue weighted by Crippen LogP contribution is -2.52. The maximum Gasteiger partial charge on any atom is 0.419 e. The van der Waals surface area contributed by atoms with Gasteiger partial charge in [0.05, 0.1) is 0 Å². The van der Waals surface area contributed by atoms with E-state index in [0.29, 0.717) is 28.9 Å². The van der Waals surface area contributed by atoms with Crippen LogP contribution < -0.4 is 15.0 Å². The summed E-state index contributed by atoms with van der Waals surface area (Å²) in [5.41, 5.74) is 3.29. The first-order valence-electron chi connectivity index (χ1n) is 12.3. The Labute approximate surface area is 213 Å². The van der Waals surface area contributed by atoms with Gasteiger partial charge in [0.25, 0.3) is 11.8 Å². The van der Waals surface area contributed by atoms with Gasteiger partial charge < -0.3 is 14.5 Å². The van der Waals surface area contributed by atoms with E-state index in [0.717, 1.165) is 18.4 Å². The van der Waals surface area contributed by atoms with Gasteiger partial charge in [-0.2, -0.15) is 0 Å². The van der Waals surface area contributed by atoms with Crippen molar-refractivity contribution in [2.45, 2.75) is 43.7 Å². The third-order valence-electron chi connectivity index (χ3n) is 7.91. The van der Waals surface area contributed by atoms with Crippen LogP contribution in [-0.4, -0.2) is 66.2 Å². The molecule has 10 nitrogen and oxygen atoms in total. The fourth-order valence-corrected chi connectivity index (χ4v) is 5.65. The number of imide groups is 1. The van der Waals surface area contributed by atoms with E-state index in [1.807, 2.05) is 12.1 Å².